The molecule has 0 bridgehead atoms. The van der Waals surface area contributed by atoms with Gasteiger partial charge in [0.15, 0.2) is 0 Å². The lowest BCUT2D eigenvalue weighted by Gasteiger charge is -2.14. The van der Waals surface area contributed by atoms with Gasteiger partial charge in [-0.2, -0.15) is 0 Å². The van der Waals surface area contributed by atoms with Crippen LogP contribution in [-0.4, -0.2) is 18.7 Å². The zero-order valence-corrected chi connectivity index (χ0v) is 29.3. The fourth-order valence-electron chi connectivity index (χ4n) is 6.00. The maximum absolute atomic E-state index is 12.5. The van der Waals surface area contributed by atoms with Gasteiger partial charge in [-0.15, -0.1) is 0 Å². The van der Waals surface area contributed by atoms with Crippen LogP contribution in [0.4, 0.5) is 0 Å². The second-order valence-electron chi connectivity index (χ2n) is 13.1. The van der Waals surface area contributed by atoms with Gasteiger partial charge in [0.25, 0.3) is 0 Å². The number of benzene rings is 3. The van der Waals surface area contributed by atoms with E-state index in [9.17, 15) is 4.79 Å². The lowest BCUT2D eigenvalue weighted by Crippen LogP contribution is -2.15. The molecule has 0 radical (unpaired) electrons. The first kappa shape index (κ1) is 37.4. The molecule has 4 heteroatoms. The number of fused-ring (bicyclic) bond motifs is 1. The summed E-state index contributed by atoms with van der Waals surface area (Å²) in [4.78, 5) is 12.5. The maximum Gasteiger partial charge on any atom is 0.338 e. The first-order valence-electron chi connectivity index (χ1n) is 18.7. The summed E-state index contributed by atoms with van der Waals surface area (Å²) >= 11 is 0. The Hall–Kier alpha value is -3.01. The van der Waals surface area contributed by atoms with Gasteiger partial charge in [-0.1, -0.05) is 141 Å². The molecule has 4 nitrogen and oxygen atoms in total. The van der Waals surface area contributed by atoms with Crippen LogP contribution in [0.2, 0.25) is 0 Å². The fraction of sp³-hybridized carbons (Fsp3) is 0.595. The SMILES string of the molecule is CCCCCCCCCCCCCCCCOc1ccc2c(OCc3ccc(C(=O)O[C@H](C)CCCCCC)cc3)cccc2c1. The summed E-state index contributed by atoms with van der Waals surface area (Å²) in [6.45, 7) is 7.66. The maximum atomic E-state index is 12.5. The summed E-state index contributed by atoms with van der Waals surface area (Å²) in [7, 11) is 0. The van der Waals surface area contributed by atoms with Crippen molar-refractivity contribution in [1.82, 2.24) is 0 Å². The normalized spacial score (nSPS) is 11.9. The summed E-state index contributed by atoms with van der Waals surface area (Å²) in [5, 5.41) is 2.18. The highest BCUT2D eigenvalue weighted by Gasteiger charge is 2.12. The van der Waals surface area contributed by atoms with Crippen molar-refractivity contribution in [2.75, 3.05) is 6.61 Å². The number of ether oxygens (including phenoxy) is 3. The van der Waals surface area contributed by atoms with E-state index in [1.807, 2.05) is 49.4 Å². The first-order valence-corrected chi connectivity index (χ1v) is 18.7. The second kappa shape index (κ2) is 23.3. The average molecular weight is 631 g/mol. The van der Waals surface area contributed by atoms with E-state index >= 15 is 0 Å². The van der Waals surface area contributed by atoms with Crippen LogP contribution in [0.3, 0.4) is 0 Å². The number of hydrogen-bond donors (Lipinski definition) is 0. The number of rotatable bonds is 26. The Kier molecular flexibility index (Phi) is 19.0. The van der Waals surface area contributed by atoms with Crippen molar-refractivity contribution < 1.29 is 19.0 Å². The molecule has 0 fully saturated rings. The van der Waals surface area contributed by atoms with E-state index in [0.717, 1.165) is 53.7 Å². The second-order valence-corrected chi connectivity index (χ2v) is 13.1. The molecule has 1 atom stereocenters. The molecule has 0 N–H and O–H groups in total. The van der Waals surface area contributed by atoms with Gasteiger partial charge in [-0.25, -0.2) is 4.79 Å². The number of esters is 1. The van der Waals surface area contributed by atoms with Gasteiger partial charge in [-0.3, -0.25) is 0 Å². The number of hydrogen-bond acceptors (Lipinski definition) is 4. The zero-order valence-electron chi connectivity index (χ0n) is 29.3. The highest BCUT2D eigenvalue weighted by molar-refractivity contribution is 5.90. The quantitative estimate of drug-likeness (QED) is 0.0654. The van der Waals surface area contributed by atoms with Gasteiger partial charge >= 0.3 is 5.97 Å². The molecule has 0 unspecified atom stereocenters. The molecule has 3 aromatic rings. The summed E-state index contributed by atoms with van der Waals surface area (Å²) in [5.41, 5.74) is 1.59. The third kappa shape index (κ3) is 15.1. The Morgan fingerprint density at radius 2 is 1.22 bits per heavy atom. The van der Waals surface area contributed by atoms with Gasteiger partial charge in [0.05, 0.1) is 18.3 Å². The van der Waals surface area contributed by atoms with E-state index in [2.05, 4.69) is 32.0 Å². The van der Waals surface area contributed by atoms with Crippen LogP contribution >= 0.6 is 0 Å². The Balaban J connectivity index is 1.31. The van der Waals surface area contributed by atoms with Gasteiger partial charge in [0.2, 0.25) is 0 Å². The van der Waals surface area contributed by atoms with Gasteiger partial charge in [0.1, 0.15) is 18.1 Å². The zero-order chi connectivity index (χ0) is 32.7. The molecule has 3 rings (SSSR count). The third-order valence-electron chi connectivity index (χ3n) is 8.93. The molecule has 0 saturated carbocycles. The standard InChI is InChI=1S/C42H62O4/c1-4-6-8-10-11-12-13-14-15-16-17-18-19-21-32-44-39-30-31-40-38(33-39)24-22-25-41(40)45-34-36-26-28-37(29-27-36)42(43)46-35(3)23-20-9-7-5-2/h22,24-31,33,35H,4-21,23,32,34H2,1-3H3/t35-/m1/s1. The van der Waals surface area contributed by atoms with Crippen LogP contribution in [-0.2, 0) is 11.3 Å². The van der Waals surface area contributed by atoms with Crippen LogP contribution in [0.25, 0.3) is 10.8 Å². The Labute approximate surface area is 280 Å². The van der Waals surface area contributed by atoms with Gasteiger partial charge < -0.3 is 14.2 Å². The van der Waals surface area contributed by atoms with Gasteiger partial charge in [-0.05, 0) is 73.5 Å². The smallest absolute Gasteiger partial charge is 0.338 e. The molecule has 0 aliphatic carbocycles. The van der Waals surface area contributed by atoms with Crippen molar-refractivity contribution in [2.24, 2.45) is 0 Å². The van der Waals surface area contributed by atoms with Crippen molar-refractivity contribution >= 4 is 16.7 Å². The molecule has 46 heavy (non-hydrogen) atoms. The van der Waals surface area contributed by atoms with Crippen molar-refractivity contribution in [2.45, 2.75) is 155 Å². The minimum absolute atomic E-state index is 0.0614. The molecule has 0 heterocycles. The van der Waals surface area contributed by atoms with E-state index in [-0.39, 0.29) is 12.1 Å². The van der Waals surface area contributed by atoms with E-state index in [0.29, 0.717) is 12.2 Å². The molecule has 254 valence electrons. The fourth-order valence-corrected chi connectivity index (χ4v) is 6.00. The van der Waals surface area contributed by atoms with E-state index in [4.69, 9.17) is 14.2 Å². The predicted molar refractivity (Wildman–Crippen MR) is 194 cm³/mol. The predicted octanol–water partition coefficient (Wildman–Crippen LogP) is 12.8. The third-order valence-corrected chi connectivity index (χ3v) is 8.93. The van der Waals surface area contributed by atoms with E-state index in [1.165, 1.54) is 103 Å². The molecule has 0 saturated heterocycles. The van der Waals surface area contributed by atoms with E-state index < -0.39 is 0 Å². The first-order chi connectivity index (χ1) is 22.6. The lowest BCUT2D eigenvalue weighted by atomic mass is 10.0. The monoisotopic (exact) mass is 630 g/mol. The minimum Gasteiger partial charge on any atom is -0.494 e. The molecular formula is C42H62O4. The topological polar surface area (TPSA) is 44.8 Å². The Bertz CT molecular complexity index is 1220. The van der Waals surface area contributed by atoms with Crippen molar-refractivity contribution in [3.8, 4) is 11.5 Å². The number of carbonyl (C=O) groups is 1. The van der Waals surface area contributed by atoms with Crippen LogP contribution in [0.5, 0.6) is 11.5 Å². The summed E-state index contributed by atoms with van der Waals surface area (Å²) in [5.74, 6) is 1.50. The highest BCUT2D eigenvalue weighted by Crippen LogP contribution is 2.29. The lowest BCUT2D eigenvalue weighted by molar-refractivity contribution is 0.0319. The molecule has 0 amide bonds. The van der Waals surface area contributed by atoms with Crippen LogP contribution in [0.15, 0.2) is 60.7 Å². The molecule has 0 aliphatic heterocycles. The molecule has 0 aromatic heterocycles. The van der Waals surface area contributed by atoms with Gasteiger partial charge in [0, 0.05) is 5.39 Å². The summed E-state index contributed by atoms with van der Waals surface area (Å²) < 4.78 is 17.9. The molecule has 0 aliphatic rings. The largest absolute Gasteiger partial charge is 0.494 e. The molecule has 3 aromatic carbocycles. The Morgan fingerprint density at radius 1 is 0.630 bits per heavy atom. The number of unbranched alkanes of at least 4 members (excludes halogenated alkanes) is 16. The van der Waals surface area contributed by atoms with Crippen molar-refractivity contribution in [1.29, 1.82) is 0 Å². The van der Waals surface area contributed by atoms with Crippen molar-refractivity contribution in [3.05, 3.63) is 71.8 Å². The van der Waals surface area contributed by atoms with Crippen LogP contribution in [0, 0.1) is 0 Å². The molecular weight excluding hydrogens is 568 g/mol. The van der Waals surface area contributed by atoms with Crippen molar-refractivity contribution in [3.63, 3.8) is 0 Å². The highest BCUT2D eigenvalue weighted by atomic mass is 16.5. The molecule has 0 spiro atoms. The average Bonchev–Trinajstić information content (AvgIpc) is 3.07. The van der Waals surface area contributed by atoms with E-state index in [1.54, 1.807) is 0 Å². The minimum atomic E-state index is -0.258. The Morgan fingerprint density at radius 3 is 1.85 bits per heavy atom. The summed E-state index contributed by atoms with van der Waals surface area (Å²) in [6, 6.07) is 19.9. The summed E-state index contributed by atoms with van der Waals surface area (Å²) in [6.07, 6.45) is 24.7. The van der Waals surface area contributed by atoms with Crippen LogP contribution in [0.1, 0.15) is 159 Å². The van der Waals surface area contributed by atoms with Crippen LogP contribution < -0.4 is 9.47 Å². The number of carbonyl (C=O) groups excluding carboxylic acids is 1.